The van der Waals surface area contributed by atoms with E-state index in [1.54, 1.807) is 29.0 Å². The van der Waals surface area contributed by atoms with Crippen LogP contribution in [-0.4, -0.2) is 75.3 Å². The van der Waals surface area contributed by atoms with Crippen molar-refractivity contribution >= 4 is 59.0 Å². The molecule has 0 saturated carbocycles. The van der Waals surface area contributed by atoms with E-state index in [9.17, 15) is 29.1 Å². The van der Waals surface area contributed by atoms with Crippen LogP contribution in [0.5, 0.6) is 0 Å². The Kier molecular flexibility index (Phi) is 16.9. The van der Waals surface area contributed by atoms with Gasteiger partial charge in [0.2, 0.25) is 29.5 Å². The van der Waals surface area contributed by atoms with Gasteiger partial charge in [0.15, 0.2) is 0 Å². The number of halogens is 2. The third-order valence-electron chi connectivity index (χ3n) is 9.79. The molecule has 2 heterocycles. The summed E-state index contributed by atoms with van der Waals surface area (Å²) in [5, 5.41) is 18.9. The highest BCUT2D eigenvalue weighted by molar-refractivity contribution is 7.13. The van der Waals surface area contributed by atoms with Gasteiger partial charge in [-0.1, -0.05) is 63.6 Å². The lowest BCUT2D eigenvalue weighted by molar-refractivity contribution is -0.144. The number of β-amino-alcohol motifs (C(OH)–C–C–N with tert-alkyl or cyclic N) is 1. The average molecular weight is 816 g/mol. The number of rotatable bonds is 17. The van der Waals surface area contributed by atoms with Gasteiger partial charge in [-0.25, -0.2) is 9.37 Å². The largest absolute Gasteiger partial charge is 0.391 e. The normalized spacial score (nSPS) is 17.0. The molecular weight excluding hydrogens is 761 g/mol. The number of likely N-dealkylation sites (tertiary alicyclic amines) is 1. The third kappa shape index (κ3) is 12.5. The van der Waals surface area contributed by atoms with Crippen LogP contribution in [0, 0.1) is 18.2 Å². The number of hydrogen-bond acceptors (Lipinski definition) is 9. The highest BCUT2D eigenvalue weighted by Crippen LogP contribution is 2.30. The maximum Gasteiger partial charge on any atom is 0.246 e. The first kappa shape index (κ1) is 45.9. The van der Waals surface area contributed by atoms with Gasteiger partial charge in [0.1, 0.15) is 17.9 Å². The Balaban J connectivity index is 0.00000841. The molecule has 0 spiro atoms. The van der Waals surface area contributed by atoms with E-state index in [4.69, 9.17) is 11.5 Å². The van der Waals surface area contributed by atoms with Crippen LogP contribution in [0.4, 0.5) is 10.1 Å². The van der Waals surface area contributed by atoms with Crippen LogP contribution in [0.25, 0.3) is 10.4 Å². The summed E-state index contributed by atoms with van der Waals surface area (Å²) in [6.45, 7) is 9.28. The van der Waals surface area contributed by atoms with E-state index in [0.29, 0.717) is 31.2 Å². The van der Waals surface area contributed by atoms with Crippen LogP contribution in [-0.2, 0) is 30.4 Å². The highest BCUT2D eigenvalue weighted by Gasteiger charge is 2.44. The Morgan fingerprint density at radius 2 is 1.73 bits per heavy atom. The molecule has 0 radical (unpaired) electrons. The van der Waals surface area contributed by atoms with E-state index in [-0.39, 0.29) is 68.2 Å². The fraction of sp³-hybridized carbons (Fsp3) is 0.500. The van der Waals surface area contributed by atoms with E-state index < -0.39 is 53.2 Å². The molecule has 13 nitrogen and oxygen atoms in total. The molecule has 0 unspecified atom stereocenters. The van der Waals surface area contributed by atoms with Crippen molar-refractivity contribution in [1.82, 2.24) is 20.5 Å². The molecule has 0 aliphatic carbocycles. The number of nitrogens with two attached hydrogens (primary N) is 2. The van der Waals surface area contributed by atoms with Gasteiger partial charge < -0.3 is 37.4 Å². The monoisotopic (exact) mass is 815 g/mol. The number of nitrogens with one attached hydrogen (secondary N) is 3. The Morgan fingerprint density at radius 3 is 2.36 bits per heavy atom. The molecule has 8 N–H and O–H groups in total. The zero-order chi connectivity index (χ0) is 40.4. The van der Waals surface area contributed by atoms with Crippen molar-refractivity contribution in [2.45, 2.75) is 116 Å². The van der Waals surface area contributed by atoms with Crippen molar-refractivity contribution < 1.29 is 33.5 Å². The molecule has 3 aromatic rings. The van der Waals surface area contributed by atoms with E-state index in [1.807, 2.05) is 58.9 Å². The van der Waals surface area contributed by atoms with Gasteiger partial charge in [-0.15, -0.1) is 23.7 Å². The summed E-state index contributed by atoms with van der Waals surface area (Å²) in [4.78, 5) is 70.8. The number of unbranched alkanes of at least 4 members (excludes halogenated alkanes) is 2. The lowest BCUT2D eigenvalue weighted by atomic mass is 9.85. The second-order valence-electron chi connectivity index (χ2n) is 15.3. The Labute approximate surface area is 338 Å². The summed E-state index contributed by atoms with van der Waals surface area (Å²) in [6.07, 6.45) is 1.33. The molecule has 1 saturated heterocycles. The Bertz CT molecular complexity index is 1840. The third-order valence-corrected chi connectivity index (χ3v) is 10.8. The van der Waals surface area contributed by atoms with E-state index in [0.717, 1.165) is 21.7 Å². The standard InChI is InChI=1S/C40H54FN7O6S.ClH/c1-23(25-14-16-27(17-15-25)35-24(2)44-22-55-35)45-38(53)31-20-28(49)21-48(31)39(54)36(40(3,4)5)47-33(51)13-8-6-7-10-26-11-9-12-30(34(26)41)46-37(52)29(42)18-19-32(43)50;/h9,11-12,14-17,22-23,28-29,31,36,49H,6-8,10,13,18-21,42H2,1-5H3,(H2,43,50)(H,45,53)(H,46,52)(H,47,51);1H/t23-,28+,29-,31-,36+;/m0./s1. The topological polar surface area (TPSA) is 210 Å². The maximum absolute atomic E-state index is 15.1. The smallest absolute Gasteiger partial charge is 0.246 e. The van der Waals surface area contributed by atoms with E-state index in [1.165, 1.54) is 11.0 Å². The first-order valence-corrected chi connectivity index (χ1v) is 19.5. The first-order chi connectivity index (χ1) is 26.0. The second-order valence-corrected chi connectivity index (χ2v) is 16.2. The number of aromatic nitrogens is 1. The van der Waals surface area contributed by atoms with Crippen LogP contribution in [0.2, 0.25) is 0 Å². The summed E-state index contributed by atoms with van der Waals surface area (Å²) >= 11 is 1.56. The summed E-state index contributed by atoms with van der Waals surface area (Å²) < 4.78 is 15.1. The van der Waals surface area contributed by atoms with Gasteiger partial charge in [-0.3, -0.25) is 24.0 Å². The quantitative estimate of drug-likeness (QED) is 0.105. The average Bonchev–Trinajstić information content (AvgIpc) is 3.75. The molecule has 56 heavy (non-hydrogen) atoms. The van der Waals surface area contributed by atoms with Gasteiger partial charge >= 0.3 is 0 Å². The number of aryl methyl sites for hydroxylation is 2. The molecule has 5 atom stereocenters. The first-order valence-electron chi connectivity index (χ1n) is 18.7. The lowest BCUT2D eigenvalue weighted by Gasteiger charge is -2.35. The number of aliphatic hydroxyl groups is 1. The lowest BCUT2D eigenvalue weighted by Crippen LogP contribution is -2.57. The molecule has 1 aliphatic rings. The molecule has 306 valence electrons. The minimum atomic E-state index is -1.01. The van der Waals surface area contributed by atoms with Crippen molar-refractivity contribution in [2.75, 3.05) is 11.9 Å². The highest BCUT2D eigenvalue weighted by atomic mass is 35.5. The van der Waals surface area contributed by atoms with Crippen LogP contribution >= 0.6 is 23.7 Å². The molecule has 1 aliphatic heterocycles. The summed E-state index contributed by atoms with van der Waals surface area (Å²) in [5.74, 6) is -2.93. The molecular formula is C40H55ClFN7O6S. The summed E-state index contributed by atoms with van der Waals surface area (Å²) in [6, 6.07) is 9.32. The number of hydrogen-bond donors (Lipinski definition) is 6. The predicted octanol–water partition coefficient (Wildman–Crippen LogP) is 4.68. The number of amides is 5. The summed E-state index contributed by atoms with van der Waals surface area (Å²) in [7, 11) is 0. The van der Waals surface area contributed by atoms with Gasteiger partial charge in [0, 0.05) is 25.8 Å². The van der Waals surface area contributed by atoms with Gasteiger partial charge in [-0.05, 0) is 67.7 Å². The van der Waals surface area contributed by atoms with E-state index in [2.05, 4.69) is 20.9 Å². The fourth-order valence-corrected chi connectivity index (χ4v) is 7.36. The minimum Gasteiger partial charge on any atom is -0.391 e. The van der Waals surface area contributed by atoms with Crippen LogP contribution in [0.1, 0.15) is 95.5 Å². The number of anilines is 1. The molecule has 1 aromatic heterocycles. The molecule has 4 rings (SSSR count). The molecule has 1 fully saturated rings. The molecule has 2 aromatic carbocycles. The molecule has 0 bridgehead atoms. The molecule has 16 heteroatoms. The SMILES string of the molecule is Cc1ncsc1-c1ccc([C@H](C)NC(=O)[C@@H]2C[C@@H](O)CN2C(=O)[C@@H](NC(=O)CCCCCc2cccc(NC(=O)[C@@H](N)CCC(N)=O)c2F)C(C)(C)C)cc1.Cl. The maximum atomic E-state index is 15.1. The fourth-order valence-electron chi connectivity index (χ4n) is 6.55. The number of carbonyl (C=O) groups excluding carboxylic acids is 5. The van der Waals surface area contributed by atoms with Crippen molar-refractivity contribution in [3.63, 3.8) is 0 Å². The number of benzene rings is 2. The molecule has 5 amide bonds. The zero-order valence-corrected chi connectivity index (χ0v) is 34.2. The van der Waals surface area contributed by atoms with Crippen molar-refractivity contribution in [1.29, 1.82) is 0 Å². The van der Waals surface area contributed by atoms with Crippen molar-refractivity contribution in [2.24, 2.45) is 16.9 Å². The van der Waals surface area contributed by atoms with Crippen LogP contribution in [0.3, 0.4) is 0 Å². The Morgan fingerprint density at radius 1 is 1.04 bits per heavy atom. The van der Waals surface area contributed by atoms with Crippen molar-refractivity contribution in [3.8, 4) is 10.4 Å². The van der Waals surface area contributed by atoms with Crippen molar-refractivity contribution in [3.05, 3.63) is 70.6 Å². The predicted molar refractivity (Wildman–Crippen MR) is 217 cm³/mol. The Hall–Kier alpha value is -4.44. The van der Waals surface area contributed by atoms with Gasteiger partial charge in [0.05, 0.1) is 40.0 Å². The van der Waals surface area contributed by atoms with Crippen LogP contribution < -0.4 is 27.4 Å². The summed E-state index contributed by atoms with van der Waals surface area (Å²) in [5.41, 5.74) is 15.3. The second kappa shape index (κ2) is 20.6. The van der Waals surface area contributed by atoms with Crippen LogP contribution in [0.15, 0.2) is 48.0 Å². The number of carbonyl (C=O) groups is 5. The van der Waals surface area contributed by atoms with Gasteiger partial charge in [-0.2, -0.15) is 0 Å². The zero-order valence-electron chi connectivity index (χ0n) is 32.6. The number of nitrogens with zero attached hydrogens (tertiary/aromatic N) is 2. The minimum absolute atomic E-state index is 0. The number of primary amides is 1. The number of aliphatic hydroxyl groups excluding tert-OH is 1. The van der Waals surface area contributed by atoms with Gasteiger partial charge in [0.25, 0.3) is 0 Å². The number of thiazole rings is 1. The van der Waals surface area contributed by atoms with E-state index >= 15 is 4.39 Å².